The molecule has 0 N–H and O–H groups in total. The molecule has 0 saturated heterocycles. The van der Waals surface area contributed by atoms with E-state index in [1.165, 1.54) is 28.6 Å². The number of allylic oxidation sites excluding steroid dienone is 3. The standard InChI is InChI=1S/C12H11NS/c1-10-4-2-3-5-12(10)11-6-8-13-14-9-7-11/h2-9H,1H3. The molecule has 0 unspecified atom stereocenters. The van der Waals surface area contributed by atoms with Gasteiger partial charge >= 0.3 is 0 Å². The molecule has 14 heavy (non-hydrogen) atoms. The highest BCUT2D eigenvalue weighted by Gasteiger charge is 2.01. The van der Waals surface area contributed by atoms with Gasteiger partial charge in [-0.3, -0.25) is 0 Å². The summed E-state index contributed by atoms with van der Waals surface area (Å²) in [5, 5.41) is 2.00. The molecule has 1 nitrogen and oxygen atoms in total. The van der Waals surface area contributed by atoms with E-state index in [0.29, 0.717) is 0 Å². The van der Waals surface area contributed by atoms with Gasteiger partial charge in [0.25, 0.3) is 0 Å². The molecular weight excluding hydrogens is 190 g/mol. The average Bonchev–Trinajstić information content (AvgIpc) is 2.47. The van der Waals surface area contributed by atoms with Crippen molar-refractivity contribution in [2.24, 2.45) is 4.40 Å². The Morgan fingerprint density at radius 3 is 2.93 bits per heavy atom. The minimum Gasteiger partial charge on any atom is -0.220 e. The van der Waals surface area contributed by atoms with Crippen molar-refractivity contribution in [1.82, 2.24) is 0 Å². The van der Waals surface area contributed by atoms with Gasteiger partial charge in [-0.15, -0.1) is 0 Å². The molecule has 0 atom stereocenters. The molecular formula is C12H11NS. The second-order valence-electron chi connectivity index (χ2n) is 3.10. The number of nitrogens with zero attached hydrogens (tertiary/aromatic N) is 1. The normalized spacial score (nSPS) is 15.1. The average molecular weight is 201 g/mol. The van der Waals surface area contributed by atoms with Crippen molar-refractivity contribution in [1.29, 1.82) is 0 Å². The molecule has 0 amide bonds. The zero-order valence-electron chi connectivity index (χ0n) is 7.97. The van der Waals surface area contributed by atoms with Crippen LogP contribution in [0.3, 0.4) is 0 Å². The molecule has 0 aromatic heterocycles. The molecule has 0 radical (unpaired) electrons. The van der Waals surface area contributed by atoms with Gasteiger partial charge in [0.1, 0.15) is 0 Å². The summed E-state index contributed by atoms with van der Waals surface area (Å²) < 4.78 is 4.10. The third kappa shape index (κ3) is 1.96. The summed E-state index contributed by atoms with van der Waals surface area (Å²) in [5.41, 5.74) is 3.79. The van der Waals surface area contributed by atoms with Gasteiger partial charge in [-0.2, -0.15) is 0 Å². The Hall–Kier alpha value is -1.28. The fraction of sp³-hybridized carbons (Fsp3) is 0.0833. The molecule has 0 fully saturated rings. The minimum atomic E-state index is 1.22. The molecule has 0 spiro atoms. The van der Waals surface area contributed by atoms with Crippen LogP contribution in [0.1, 0.15) is 11.1 Å². The maximum atomic E-state index is 4.10. The van der Waals surface area contributed by atoms with Gasteiger partial charge in [0.2, 0.25) is 0 Å². The molecule has 1 aliphatic heterocycles. The van der Waals surface area contributed by atoms with Crippen LogP contribution in [0.2, 0.25) is 0 Å². The Morgan fingerprint density at radius 2 is 2.07 bits per heavy atom. The van der Waals surface area contributed by atoms with Gasteiger partial charge in [0.15, 0.2) is 0 Å². The number of aryl methyl sites for hydroxylation is 1. The summed E-state index contributed by atoms with van der Waals surface area (Å²) in [6, 6.07) is 8.38. The summed E-state index contributed by atoms with van der Waals surface area (Å²) in [5.74, 6) is 0. The zero-order chi connectivity index (χ0) is 9.80. The monoisotopic (exact) mass is 201 g/mol. The maximum absolute atomic E-state index is 4.10. The number of hydrogen-bond acceptors (Lipinski definition) is 2. The summed E-state index contributed by atoms with van der Waals surface area (Å²) >= 11 is 1.46. The van der Waals surface area contributed by atoms with Crippen LogP contribution in [-0.2, 0) is 0 Å². The van der Waals surface area contributed by atoms with E-state index in [9.17, 15) is 0 Å². The predicted molar refractivity (Wildman–Crippen MR) is 64.4 cm³/mol. The summed E-state index contributed by atoms with van der Waals surface area (Å²) in [4.78, 5) is 0. The van der Waals surface area contributed by atoms with E-state index in [1.54, 1.807) is 0 Å². The summed E-state index contributed by atoms with van der Waals surface area (Å²) in [6.07, 6.45) is 5.98. The van der Waals surface area contributed by atoms with Crippen LogP contribution in [0, 0.1) is 6.92 Å². The van der Waals surface area contributed by atoms with Crippen molar-refractivity contribution < 1.29 is 0 Å². The zero-order valence-corrected chi connectivity index (χ0v) is 8.79. The third-order valence-electron chi connectivity index (χ3n) is 2.14. The Labute approximate surface area is 88.4 Å². The summed E-state index contributed by atoms with van der Waals surface area (Å²) in [7, 11) is 0. The second kappa shape index (κ2) is 4.29. The van der Waals surface area contributed by atoms with Crippen molar-refractivity contribution in [3.05, 3.63) is 53.0 Å². The number of hydrogen-bond donors (Lipinski definition) is 0. The van der Waals surface area contributed by atoms with Gasteiger partial charge in [-0.25, -0.2) is 4.40 Å². The molecule has 1 aromatic rings. The molecule has 2 rings (SSSR count). The van der Waals surface area contributed by atoms with E-state index in [1.807, 2.05) is 17.7 Å². The molecule has 0 bridgehead atoms. The minimum absolute atomic E-state index is 1.22. The predicted octanol–water partition coefficient (Wildman–Crippen LogP) is 3.62. The van der Waals surface area contributed by atoms with E-state index in [4.69, 9.17) is 0 Å². The fourth-order valence-electron chi connectivity index (χ4n) is 1.42. The van der Waals surface area contributed by atoms with Gasteiger partial charge in [-0.1, -0.05) is 24.3 Å². The van der Waals surface area contributed by atoms with E-state index in [2.05, 4.69) is 41.7 Å². The first-order valence-electron chi connectivity index (χ1n) is 4.50. The van der Waals surface area contributed by atoms with E-state index in [0.717, 1.165) is 0 Å². The Bertz CT molecular complexity index is 416. The Morgan fingerprint density at radius 1 is 1.21 bits per heavy atom. The second-order valence-corrected chi connectivity index (χ2v) is 3.79. The lowest BCUT2D eigenvalue weighted by atomic mass is 10.0. The molecule has 2 heteroatoms. The van der Waals surface area contributed by atoms with Crippen LogP contribution in [0.5, 0.6) is 0 Å². The molecule has 1 aromatic carbocycles. The highest BCUT2D eigenvalue weighted by atomic mass is 32.2. The quantitative estimate of drug-likeness (QED) is 0.632. The first-order chi connectivity index (χ1) is 6.88. The van der Waals surface area contributed by atoms with Crippen molar-refractivity contribution in [2.75, 3.05) is 0 Å². The third-order valence-corrected chi connectivity index (χ3v) is 2.64. The van der Waals surface area contributed by atoms with Crippen molar-refractivity contribution in [3.63, 3.8) is 0 Å². The Kier molecular flexibility index (Phi) is 2.84. The highest BCUT2D eigenvalue weighted by molar-refractivity contribution is 8.01. The van der Waals surface area contributed by atoms with Crippen molar-refractivity contribution in [3.8, 4) is 0 Å². The van der Waals surface area contributed by atoms with Gasteiger partial charge < -0.3 is 0 Å². The summed E-state index contributed by atoms with van der Waals surface area (Å²) in [6.45, 7) is 2.12. The largest absolute Gasteiger partial charge is 0.220 e. The van der Waals surface area contributed by atoms with E-state index < -0.39 is 0 Å². The van der Waals surface area contributed by atoms with Crippen LogP contribution in [0.4, 0.5) is 0 Å². The highest BCUT2D eigenvalue weighted by Crippen LogP contribution is 2.22. The Balaban J connectivity index is 2.44. The van der Waals surface area contributed by atoms with Crippen LogP contribution in [0.25, 0.3) is 5.57 Å². The number of benzene rings is 1. The van der Waals surface area contributed by atoms with Gasteiger partial charge in [0.05, 0.1) is 0 Å². The first kappa shape index (κ1) is 9.28. The van der Waals surface area contributed by atoms with Crippen molar-refractivity contribution >= 4 is 23.7 Å². The van der Waals surface area contributed by atoms with E-state index >= 15 is 0 Å². The van der Waals surface area contributed by atoms with Gasteiger partial charge in [0, 0.05) is 18.2 Å². The molecule has 0 saturated carbocycles. The van der Waals surface area contributed by atoms with Crippen LogP contribution < -0.4 is 0 Å². The maximum Gasteiger partial charge on any atom is 0.0361 e. The first-order valence-corrected chi connectivity index (χ1v) is 5.33. The molecule has 70 valence electrons. The lowest BCUT2D eigenvalue weighted by Gasteiger charge is -2.04. The molecule has 0 aliphatic carbocycles. The number of rotatable bonds is 1. The van der Waals surface area contributed by atoms with Crippen LogP contribution in [0.15, 0.2) is 46.2 Å². The van der Waals surface area contributed by atoms with Crippen LogP contribution >= 0.6 is 11.9 Å². The molecule has 1 heterocycles. The molecule has 1 aliphatic rings. The van der Waals surface area contributed by atoms with E-state index in [-0.39, 0.29) is 0 Å². The lowest BCUT2D eigenvalue weighted by molar-refractivity contribution is 1.43. The topological polar surface area (TPSA) is 12.4 Å². The SMILES string of the molecule is Cc1ccccc1C1=CC=NSC=C1. The van der Waals surface area contributed by atoms with Gasteiger partial charge in [-0.05, 0) is 41.2 Å². The van der Waals surface area contributed by atoms with Crippen LogP contribution in [-0.4, -0.2) is 6.21 Å². The smallest absolute Gasteiger partial charge is 0.0361 e. The fourth-order valence-corrected chi connectivity index (χ4v) is 1.83. The lowest BCUT2D eigenvalue weighted by Crippen LogP contribution is -1.85. The van der Waals surface area contributed by atoms with Crippen molar-refractivity contribution in [2.45, 2.75) is 6.92 Å².